The Balaban J connectivity index is 0.000000129. The molecule has 0 aliphatic carbocycles. The molecule has 0 bridgehead atoms. The molecule has 22 rings (SSSR count). The third kappa shape index (κ3) is 8.35. The van der Waals surface area contributed by atoms with Crippen LogP contribution in [-0.2, 0) is 0 Å². The number of fused-ring (bicyclic) bond motifs is 20. The second kappa shape index (κ2) is 21.6. The molecule has 6 aromatic heterocycles. The van der Waals surface area contributed by atoms with E-state index in [1.54, 1.807) is 0 Å². The van der Waals surface area contributed by atoms with Crippen LogP contribution in [0.2, 0.25) is 0 Å². The lowest BCUT2D eigenvalue weighted by Crippen LogP contribution is -1.95. The van der Waals surface area contributed by atoms with Crippen molar-refractivity contribution in [1.82, 2.24) is 18.3 Å². The number of rotatable bonds is 6. The van der Waals surface area contributed by atoms with Gasteiger partial charge in [-0.1, -0.05) is 206 Å². The van der Waals surface area contributed by atoms with E-state index >= 15 is 0 Å². The van der Waals surface area contributed by atoms with Crippen molar-refractivity contribution in [1.29, 1.82) is 0 Å². The number of hydrogen-bond acceptors (Lipinski definition) is 2. The van der Waals surface area contributed by atoms with Gasteiger partial charge in [0.25, 0.3) is 0 Å². The lowest BCUT2D eigenvalue weighted by molar-refractivity contribution is 1.18. The van der Waals surface area contributed by atoms with Gasteiger partial charge in [0.2, 0.25) is 0 Å². The average Bonchev–Trinajstić information content (AvgIpc) is 1.60. The maximum absolute atomic E-state index is 2.43. The lowest BCUT2D eigenvalue weighted by atomic mass is 10.00. The highest BCUT2D eigenvalue weighted by atomic mass is 32.1. The molecule has 98 heavy (non-hydrogen) atoms. The zero-order chi connectivity index (χ0) is 64.1. The molecule has 0 saturated heterocycles. The summed E-state index contributed by atoms with van der Waals surface area (Å²) in [5.74, 6) is 0. The molecular formula is C92H56N4S2. The highest BCUT2D eigenvalue weighted by Gasteiger charge is 2.22. The number of nitrogens with zero attached hydrogens (tertiary/aromatic N) is 4. The minimum atomic E-state index is 1.18. The fourth-order valence-corrected chi connectivity index (χ4v) is 18.4. The zero-order valence-corrected chi connectivity index (χ0v) is 54.6. The largest absolute Gasteiger partial charge is 0.309 e. The van der Waals surface area contributed by atoms with Crippen molar-refractivity contribution in [2.75, 3.05) is 0 Å². The van der Waals surface area contributed by atoms with Gasteiger partial charge in [-0.25, -0.2) is 0 Å². The molecular weight excluding hydrogens is 1230 g/mol. The van der Waals surface area contributed by atoms with Crippen LogP contribution in [0.3, 0.4) is 0 Å². The van der Waals surface area contributed by atoms with E-state index < -0.39 is 0 Å². The van der Waals surface area contributed by atoms with Crippen molar-refractivity contribution in [2.24, 2.45) is 0 Å². The van der Waals surface area contributed by atoms with Gasteiger partial charge in [-0.3, -0.25) is 0 Å². The quantitative estimate of drug-likeness (QED) is 0.158. The zero-order valence-electron chi connectivity index (χ0n) is 52.9. The monoisotopic (exact) mass is 1280 g/mol. The Hall–Kier alpha value is -12.3. The Morgan fingerprint density at radius 2 is 0.490 bits per heavy atom. The van der Waals surface area contributed by atoms with Gasteiger partial charge < -0.3 is 18.3 Å². The molecule has 456 valence electrons. The molecule has 0 spiro atoms. The molecule has 0 aliphatic rings. The van der Waals surface area contributed by atoms with Crippen LogP contribution < -0.4 is 0 Å². The second-order valence-electron chi connectivity index (χ2n) is 25.9. The summed E-state index contributed by atoms with van der Waals surface area (Å²) in [5, 5.41) is 20.5. The van der Waals surface area contributed by atoms with Gasteiger partial charge in [-0.15, -0.1) is 22.7 Å². The molecule has 6 heteroatoms. The Kier molecular flexibility index (Phi) is 12.1. The summed E-state index contributed by atoms with van der Waals surface area (Å²) < 4.78 is 15.0. The van der Waals surface area contributed by atoms with Crippen LogP contribution in [-0.4, -0.2) is 18.3 Å². The third-order valence-corrected chi connectivity index (χ3v) is 22.8. The topological polar surface area (TPSA) is 19.7 Å². The Bertz CT molecular complexity index is 7030. The van der Waals surface area contributed by atoms with Crippen molar-refractivity contribution >= 4 is 172 Å². The number of thiophene rings is 2. The summed E-state index contributed by atoms with van der Waals surface area (Å²) >= 11 is 3.76. The Morgan fingerprint density at radius 1 is 0.163 bits per heavy atom. The minimum Gasteiger partial charge on any atom is -0.309 e. The predicted octanol–water partition coefficient (Wildman–Crippen LogP) is 26.1. The van der Waals surface area contributed by atoms with Gasteiger partial charge in [0.15, 0.2) is 0 Å². The molecule has 0 saturated carbocycles. The number of para-hydroxylation sites is 4. The van der Waals surface area contributed by atoms with Crippen LogP contribution in [0.1, 0.15) is 0 Å². The van der Waals surface area contributed by atoms with Crippen LogP contribution in [0.4, 0.5) is 0 Å². The van der Waals surface area contributed by atoms with E-state index in [1.807, 2.05) is 22.7 Å². The summed E-state index contributed by atoms with van der Waals surface area (Å²) in [5.41, 5.74) is 19.5. The van der Waals surface area contributed by atoms with Gasteiger partial charge in [0, 0.05) is 106 Å². The highest BCUT2D eigenvalue weighted by Crippen LogP contribution is 2.46. The molecule has 0 amide bonds. The second-order valence-corrected chi connectivity index (χ2v) is 28.1. The van der Waals surface area contributed by atoms with Crippen molar-refractivity contribution in [3.8, 4) is 45.0 Å². The summed E-state index contributed by atoms with van der Waals surface area (Å²) in [4.78, 5) is 0. The lowest BCUT2D eigenvalue weighted by Gasteiger charge is -2.12. The molecule has 0 N–H and O–H groups in total. The normalized spacial score (nSPS) is 12.1. The molecule has 4 nitrogen and oxygen atoms in total. The predicted molar refractivity (Wildman–Crippen MR) is 422 cm³/mol. The van der Waals surface area contributed by atoms with Gasteiger partial charge in [-0.05, 0) is 166 Å². The summed E-state index contributed by atoms with van der Waals surface area (Å²) in [7, 11) is 0. The SMILES string of the molecule is c1ccc(-n2c3ccc(-c4ccc5c(c4)c4ccccc4n5-c4cccc5ccccc45)cc3c3cc4c(cc32)sc2ccccc24)cc1.c1ccc(-n2c3ccc(-c4ccc5c(c4)c4ccccc4n5-c4cccc5ccccc45)cc3c3cc4sc5ccccc5c4cc32)cc1. The maximum atomic E-state index is 2.43. The van der Waals surface area contributed by atoms with Gasteiger partial charge in [0.05, 0.1) is 55.5 Å². The highest BCUT2D eigenvalue weighted by molar-refractivity contribution is 7.26. The first-order chi connectivity index (χ1) is 48.6. The fraction of sp³-hybridized carbons (Fsp3) is 0. The average molecular weight is 1280 g/mol. The van der Waals surface area contributed by atoms with E-state index in [9.17, 15) is 0 Å². The molecule has 0 aliphatic heterocycles. The molecule has 6 heterocycles. The van der Waals surface area contributed by atoms with Gasteiger partial charge in [-0.2, -0.15) is 0 Å². The molecule has 0 fully saturated rings. The first-order valence-electron chi connectivity index (χ1n) is 33.5. The van der Waals surface area contributed by atoms with Gasteiger partial charge >= 0.3 is 0 Å². The van der Waals surface area contributed by atoms with Gasteiger partial charge in [0.1, 0.15) is 0 Å². The molecule has 22 aromatic rings. The van der Waals surface area contributed by atoms with E-state index in [2.05, 4.69) is 358 Å². The van der Waals surface area contributed by atoms with Crippen LogP contribution >= 0.6 is 22.7 Å². The van der Waals surface area contributed by atoms with Crippen LogP contribution in [0.5, 0.6) is 0 Å². The summed E-state index contributed by atoms with van der Waals surface area (Å²) in [6.07, 6.45) is 0. The van der Waals surface area contributed by atoms with Crippen molar-refractivity contribution in [3.63, 3.8) is 0 Å². The molecule has 0 atom stereocenters. The third-order valence-electron chi connectivity index (χ3n) is 20.6. The summed E-state index contributed by atoms with van der Waals surface area (Å²) in [6.45, 7) is 0. The fourth-order valence-electron chi connectivity index (χ4n) is 16.2. The van der Waals surface area contributed by atoms with E-state index in [4.69, 9.17) is 0 Å². The van der Waals surface area contributed by atoms with Crippen LogP contribution in [0, 0.1) is 0 Å². The first-order valence-corrected chi connectivity index (χ1v) is 35.2. The maximum Gasteiger partial charge on any atom is 0.0555 e. The van der Waals surface area contributed by atoms with E-state index in [-0.39, 0.29) is 0 Å². The minimum absolute atomic E-state index is 1.18. The van der Waals surface area contributed by atoms with Crippen LogP contribution in [0.25, 0.3) is 194 Å². The Morgan fingerprint density at radius 3 is 0.969 bits per heavy atom. The van der Waals surface area contributed by atoms with E-state index in [0.29, 0.717) is 0 Å². The number of benzene rings is 16. The number of aromatic nitrogens is 4. The number of hydrogen-bond donors (Lipinski definition) is 0. The smallest absolute Gasteiger partial charge is 0.0555 e. The Labute approximate surface area is 570 Å². The standard InChI is InChI=1S/2C46H28N2S/c1-2-13-32(14-3-1)47-42-23-21-31(26-37(42)38-28-46-39(27-44(38)47)35-17-7-9-20-45(35)49-46)30-22-24-43-36(25-30)34-16-6-8-18-41(34)48(43)40-19-10-12-29-11-4-5-15-33(29)40;1-2-13-32(14-3-1)47-42-23-21-31(26-37(42)38-27-39-35-17-7-9-20-45(35)49-46(39)28-44(38)47)30-22-24-43-36(25-30)34-16-6-8-18-41(34)48(43)40-19-10-12-29-11-4-5-15-33(29)40/h2*1-28H. The van der Waals surface area contributed by atoms with E-state index in [0.717, 1.165) is 0 Å². The molecule has 0 radical (unpaired) electrons. The molecule has 16 aromatic carbocycles. The molecule has 0 unspecified atom stereocenters. The van der Waals surface area contributed by atoms with Crippen LogP contribution in [0.15, 0.2) is 340 Å². The van der Waals surface area contributed by atoms with Crippen molar-refractivity contribution in [2.45, 2.75) is 0 Å². The van der Waals surface area contributed by atoms with Crippen molar-refractivity contribution < 1.29 is 0 Å². The first kappa shape index (κ1) is 55.0. The summed E-state index contributed by atoms with van der Waals surface area (Å²) in [6, 6.07) is 125. The van der Waals surface area contributed by atoms with E-state index in [1.165, 1.54) is 194 Å². The van der Waals surface area contributed by atoms with Crippen molar-refractivity contribution in [3.05, 3.63) is 340 Å².